The van der Waals surface area contributed by atoms with Crippen LogP contribution in [-0.2, 0) is 13.2 Å². The van der Waals surface area contributed by atoms with Crippen LogP contribution >= 0.6 is 15.9 Å². The molecule has 5 heteroatoms. The average Bonchev–Trinajstić information content (AvgIpc) is 2.52. The lowest BCUT2D eigenvalue weighted by Gasteiger charge is -2.12. The largest absolute Gasteiger partial charge is 0.493 e. The summed E-state index contributed by atoms with van der Waals surface area (Å²) in [6, 6.07) is 9.84. The number of rotatable bonds is 7. The molecule has 1 aromatic heterocycles. The van der Waals surface area contributed by atoms with E-state index in [-0.39, 0.29) is 0 Å². The lowest BCUT2D eigenvalue weighted by molar-refractivity contribution is 0.280. The number of benzene rings is 1. The van der Waals surface area contributed by atoms with E-state index < -0.39 is 0 Å². The van der Waals surface area contributed by atoms with Gasteiger partial charge in [-0.3, -0.25) is 4.98 Å². The zero-order valence-electron chi connectivity index (χ0n) is 12.2. The minimum Gasteiger partial charge on any atom is -0.493 e. The summed E-state index contributed by atoms with van der Waals surface area (Å²) in [6.07, 6.45) is 1.76. The highest BCUT2D eigenvalue weighted by molar-refractivity contribution is 9.10. The second-order valence-corrected chi connectivity index (χ2v) is 5.44. The lowest BCUT2D eigenvalue weighted by Crippen LogP contribution is -2.11. The van der Waals surface area contributed by atoms with Crippen LogP contribution < -0.4 is 14.8 Å². The van der Waals surface area contributed by atoms with Gasteiger partial charge in [0.1, 0.15) is 6.61 Å². The van der Waals surface area contributed by atoms with E-state index in [1.165, 1.54) is 0 Å². The Hall–Kier alpha value is -1.59. The van der Waals surface area contributed by atoms with Gasteiger partial charge in [-0.15, -0.1) is 0 Å². The molecular formula is C16H19BrN2O2. The Bertz CT molecular complexity index is 573. The standard InChI is InChI=1S/C16H19BrN2O2/c1-3-18-9-12-4-7-15(20-2)16(8-12)21-11-14-6-5-13(17)10-19-14/h4-8,10,18H,3,9,11H2,1-2H3. The van der Waals surface area contributed by atoms with Crippen LogP contribution in [0.5, 0.6) is 11.5 Å². The van der Waals surface area contributed by atoms with Crippen LogP contribution in [-0.4, -0.2) is 18.6 Å². The zero-order chi connectivity index (χ0) is 15.1. The van der Waals surface area contributed by atoms with Gasteiger partial charge in [-0.2, -0.15) is 0 Å². The molecular weight excluding hydrogens is 332 g/mol. The van der Waals surface area contributed by atoms with Gasteiger partial charge < -0.3 is 14.8 Å². The molecule has 0 radical (unpaired) electrons. The minimum absolute atomic E-state index is 0.411. The molecule has 0 saturated carbocycles. The van der Waals surface area contributed by atoms with Gasteiger partial charge in [0.15, 0.2) is 11.5 Å². The van der Waals surface area contributed by atoms with Gasteiger partial charge in [0.25, 0.3) is 0 Å². The van der Waals surface area contributed by atoms with Crippen molar-refractivity contribution in [3.8, 4) is 11.5 Å². The Kier molecular flexibility index (Phi) is 6.02. The van der Waals surface area contributed by atoms with Crippen molar-refractivity contribution in [2.45, 2.75) is 20.1 Å². The molecule has 112 valence electrons. The van der Waals surface area contributed by atoms with Crippen molar-refractivity contribution in [1.82, 2.24) is 10.3 Å². The van der Waals surface area contributed by atoms with E-state index in [4.69, 9.17) is 9.47 Å². The van der Waals surface area contributed by atoms with E-state index in [1.807, 2.05) is 30.3 Å². The number of halogens is 1. The fourth-order valence-electron chi connectivity index (χ4n) is 1.86. The molecule has 0 amide bonds. The van der Waals surface area contributed by atoms with Gasteiger partial charge in [-0.05, 0) is 52.3 Å². The number of hydrogen-bond donors (Lipinski definition) is 1. The van der Waals surface area contributed by atoms with E-state index in [2.05, 4.69) is 33.2 Å². The van der Waals surface area contributed by atoms with Crippen LogP contribution in [0.4, 0.5) is 0 Å². The summed E-state index contributed by atoms with van der Waals surface area (Å²) >= 11 is 3.37. The first kappa shape index (κ1) is 15.8. The van der Waals surface area contributed by atoms with Crippen molar-refractivity contribution in [2.75, 3.05) is 13.7 Å². The van der Waals surface area contributed by atoms with E-state index >= 15 is 0 Å². The highest BCUT2D eigenvalue weighted by Crippen LogP contribution is 2.28. The Morgan fingerprint density at radius 1 is 1.19 bits per heavy atom. The third-order valence-corrected chi connectivity index (χ3v) is 3.44. The highest BCUT2D eigenvalue weighted by Gasteiger charge is 2.06. The number of nitrogens with one attached hydrogen (secondary N) is 1. The molecule has 0 fully saturated rings. The molecule has 2 rings (SSSR count). The fraction of sp³-hybridized carbons (Fsp3) is 0.312. The first-order chi connectivity index (χ1) is 10.2. The number of pyridine rings is 1. The van der Waals surface area contributed by atoms with Crippen molar-refractivity contribution in [3.63, 3.8) is 0 Å². The Balaban J connectivity index is 2.07. The topological polar surface area (TPSA) is 43.4 Å². The molecule has 21 heavy (non-hydrogen) atoms. The van der Waals surface area contributed by atoms with Crippen LogP contribution in [0.3, 0.4) is 0 Å². The van der Waals surface area contributed by atoms with Crippen molar-refractivity contribution < 1.29 is 9.47 Å². The summed E-state index contributed by atoms with van der Waals surface area (Å²) in [7, 11) is 1.64. The van der Waals surface area contributed by atoms with Crippen molar-refractivity contribution in [3.05, 3.63) is 52.3 Å². The molecule has 0 saturated heterocycles. The molecule has 0 aliphatic rings. The monoisotopic (exact) mass is 350 g/mol. The maximum atomic E-state index is 5.84. The summed E-state index contributed by atoms with van der Waals surface area (Å²) in [5.41, 5.74) is 2.04. The van der Waals surface area contributed by atoms with E-state index in [1.54, 1.807) is 13.3 Å². The van der Waals surface area contributed by atoms with Crippen molar-refractivity contribution in [1.29, 1.82) is 0 Å². The molecule has 0 aliphatic heterocycles. The summed E-state index contributed by atoms with van der Waals surface area (Å²) in [4.78, 5) is 4.30. The summed E-state index contributed by atoms with van der Waals surface area (Å²) in [6.45, 7) is 4.24. The normalized spacial score (nSPS) is 10.4. The fourth-order valence-corrected chi connectivity index (χ4v) is 2.09. The maximum absolute atomic E-state index is 5.84. The second kappa shape index (κ2) is 8.00. The quantitative estimate of drug-likeness (QED) is 0.829. The lowest BCUT2D eigenvalue weighted by atomic mass is 10.2. The number of methoxy groups -OCH3 is 1. The minimum atomic E-state index is 0.411. The SMILES string of the molecule is CCNCc1ccc(OC)c(OCc2ccc(Br)cn2)c1. The molecule has 2 aromatic rings. The first-order valence-corrected chi connectivity index (χ1v) is 7.63. The van der Waals surface area contributed by atoms with Crippen molar-refractivity contribution >= 4 is 15.9 Å². The van der Waals surface area contributed by atoms with Crippen LogP contribution in [0.2, 0.25) is 0 Å². The maximum Gasteiger partial charge on any atom is 0.162 e. The van der Waals surface area contributed by atoms with E-state index in [9.17, 15) is 0 Å². The second-order valence-electron chi connectivity index (χ2n) is 4.52. The number of ether oxygens (including phenoxy) is 2. The van der Waals surface area contributed by atoms with Crippen molar-refractivity contribution in [2.24, 2.45) is 0 Å². The van der Waals surface area contributed by atoms with E-state index in [0.717, 1.165) is 40.3 Å². The van der Waals surface area contributed by atoms with Crippen LogP contribution in [0.25, 0.3) is 0 Å². The third kappa shape index (κ3) is 4.72. The predicted molar refractivity (Wildman–Crippen MR) is 86.6 cm³/mol. The van der Waals surface area contributed by atoms with Crippen LogP contribution in [0.1, 0.15) is 18.2 Å². The van der Waals surface area contributed by atoms with E-state index in [0.29, 0.717) is 6.61 Å². The van der Waals surface area contributed by atoms with Gasteiger partial charge in [0.2, 0.25) is 0 Å². The zero-order valence-corrected chi connectivity index (χ0v) is 13.8. The highest BCUT2D eigenvalue weighted by atomic mass is 79.9. The van der Waals surface area contributed by atoms with Gasteiger partial charge in [0, 0.05) is 17.2 Å². The van der Waals surface area contributed by atoms with Gasteiger partial charge in [-0.1, -0.05) is 13.0 Å². The Morgan fingerprint density at radius 3 is 2.71 bits per heavy atom. The molecule has 4 nitrogen and oxygen atoms in total. The number of hydrogen-bond acceptors (Lipinski definition) is 4. The molecule has 0 bridgehead atoms. The average molecular weight is 351 g/mol. The Morgan fingerprint density at radius 2 is 2.05 bits per heavy atom. The molecule has 0 unspecified atom stereocenters. The Labute approximate surface area is 133 Å². The molecule has 0 atom stereocenters. The molecule has 0 aliphatic carbocycles. The summed E-state index contributed by atoms with van der Waals surface area (Å²) in [5, 5.41) is 3.30. The molecule has 0 spiro atoms. The van der Waals surface area contributed by atoms with Gasteiger partial charge in [0.05, 0.1) is 12.8 Å². The van der Waals surface area contributed by atoms with Crippen LogP contribution in [0.15, 0.2) is 41.0 Å². The predicted octanol–water partition coefficient (Wildman–Crippen LogP) is 3.54. The molecule has 1 heterocycles. The summed E-state index contributed by atoms with van der Waals surface area (Å²) in [5.74, 6) is 1.46. The van der Waals surface area contributed by atoms with Gasteiger partial charge in [-0.25, -0.2) is 0 Å². The van der Waals surface area contributed by atoms with Crippen LogP contribution in [0, 0.1) is 0 Å². The third-order valence-electron chi connectivity index (χ3n) is 2.97. The molecule has 1 aromatic carbocycles. The number of nitrogens with zero attached hydrogens (tertiary/aromatic N) is 1. The smallest absolute Gasteiger partial charge is 0.162 e. The first-order valence-electron chi connectivity index (χ1n) is 6.83. The number of aromatic nitrogens is 1. The molecule has 1 N–H and O–H groups in total. The summed E-state index contributed by atoms with van der Waals surface area (Å²) < 4.78 is 12.1. The van der Waals surface area contributed by atoms with Gasteiger partial charge >= 0.3 is 0 Å².